The number of aryl methyl sites for hydroxylation is 2. The van der Waals surface area contributed by atoms with E-state index in [0.717, 1.165) is 35.1 Å². The van der Waals surface area contributed by atoms with E-state index in [-0.39, 0.29) is 5.56 Å². The lowest BCUT2D eigenvalue weighted by Gasteiger charge is -2.06. The summed E-state index contributed by atoms with van der Waals surface area (Å²) in [6.07, 6.45) is -1.35. The number of carbonyl (C=O) groups excluding carboxylic acids is 2. The summed E-state index contributed by atoms with van der Waals surface area (Å²) in [4.78, 5) is 25.3. The fourth-order valence-electron chi connectivity index (χ4n) is 2.19. The highest BCUT2D eigenvalue weighted by Gasteiger charge is 2.30. The second kappa shape index (κ2) is 8.18. The van der Waals surface area contributed by atoms with Gasteiger partial charge in [0, 0.05) is 11.0 Å². The van der Waals surface area contributed by atoms with Crippen LogP contribution in [0.5, 0.6) is 0 Å². The Labute approximate surface area is 152 Å². The zero-order valence-corrected chi connectivity index (χ0v) is 14.9. The number of alkyl halides is 3. The lowest BCUT2D eigenvalue weighted by Crippen LogP contribution is -2.40. The Hall–Kier alpha value is -2.61. The van der Waals surface area contributed by atoms with E-state index in [0.29, 0.717) is 4.88 Å². The van der Waals surface area contributed by atoms with Crippen LogP contribution in [0.4, 0.5) is 13.2 Å². The van der Waals surface area contributed by atoms with E-state index in [1.165, 1.54) is 29.5 Å². The second-order valence-electron chi connectivity index (χ2n) is 5.47. The highest BCUT2D eigenvalue weighted by Crippen LogP contribution is 2.29. The van der Waals surface area contributed by atoms with E-state index >= 15 is 0 Å². The Morgan fingerprint density at radius 3 is 2.54 bits per heavy atom. The maximum atomic E-state index is 12.6. The number of rotatable bonds is 4. The zero-order valence-electron chi connectivity index (χ0n) is 14.1. The molecule has 0 aliphatic heterocycles. The molecular formula is C18H17F3N2O2S. The van der Waals surface area contributed by atoms with Gasteiger partial charge in [0.2, 0.25) is 0 Å². The van der Waals surface area contributed by atoms with Gasteiger partial charge in [-0.2, -0.15) is 13.2 Å². The summed E-state index contributed by atoms with van der Waals surface area (Å²) in [5.41, 5.74) is 4.92. The molecule has 1 aromatic carbocycles. The molecule has 0 aliphatic rings. The van der Waals surface area contributed by atoms with Gasteiger partial charge in [0.15, 0.2) is 0 Å². The van der Waals surface area contributed by atoms with Crippen molar-refractivity contribution >= 4 is 29.2 Å². The fraction of sp³-hybridized carbons (Fsp3) is 0.222. The number of thiophene rings is 1. The number of hydrogen-bond acceptors (Lipinski definition) is 3. The molecule has 0 bridgehead atoms. The van der Waals surface area contributed by atoms with Crippen LogP contribution in [0.3, 0.4) is 0 Å². The van der Waals surface area contributed by atoms with Gasteiger partial charge >= 0.3 is 6.18 Å². The summed E-state index contributed by atoms with van der Waals surface area (Å²) in [5.74, 6) is -1.10. The molecule has 4 nitrogen and oxygen atoms in total. The molecular weight excluding hydrogens is 365 g/mol. The van der Waals surface area contributed by atoms with Crippen molar-refractivity contribution in [2.45, 2.75) is 26.4 Å². The van der Waals surface area contributed by atoms with Crippen LogP contribution in [0, 0.1) is 6.92 Å². The lowest BCUT2D eigenvalue weighted by atomic mass is 10.1. The minimum absolute atomic E-state index is 0.225. The third-order valence-electron chi connectivity index (χ3n) is 3.51. The number of halogens is 3. The van der Waals surface area contributed by atoms with E-state index in [9.17, 15) is 22.8 Å². The van der Waals surface area contributed by atoms with Gasteiger partial charge in [-0.1, -0.05) is 19.1 Å². The van der Waals surface area contributed by atoms with E-state index in [1.807, 2.05) is 13.8 Å². The van der Waals surface area contributed by atoms with E-state index in [4.69, 9.17) is 0 Å². The molecule has 0 spiro atoms. The standard InChI is InChI=1S/C18H17F3N2O2S/c1-3-14-11(2)9-15(26-14)17(25)23-22-16(24)8-7-12-5-4-6-13(10-12)18(19,20)21/h4-10H,3H2,1-2H3,(H,22,24)(H,23,25)/b8-7+. The summed E-state index contributed by atoms with van der Waals surface area (Å²) in [6, 6.07) is 6.32. The number of benzene rings is 1. The summed E-state index contributed by atoms with van der Waals surface area (Å²) in [7, 11) is 0. The predicted octanol–water partition coefficient (Wildman–Crippen LogP) is 4.11. The number of hydrogen-bond donors (Lipinski definition) is 2. The quantitative estimate of drug-likeness (QED) is 0.618. The molecule has 2 aromatic rings. The van der Waals surface area contributed by atoms with Gasteiger partial charge in [-0.15, -0.1) is 11.3 Å². The first-order valence-electron chi connectivity index (χ1n) is 7.75. The summed E-state index contributed by atoms with van der Waals surface area (Å²) in [6.45, 7) is 3.89. The molecule has 1 aromatic heterocycles. The van der Waals surface area contributed by atoms with Gasteiger partial charge in [-0.25, -0.2) is 0 Å². The van der Waals surface area contributed by atoms with Crippen molar-refractivity contribution < 1.29 is 22.8 Å². The molecule has 2 amide bonds. The monoisotopic (exact) mass is 382 g/mol. The molecule has 8 heteroatoms. The number of carbonyl (C=O) groups is 2. The fourth-order valence-corrected chi connectivity index (χ4v) is 3.20. The van der Waals surface area contributed by atoms with Crippen LogP contribution < -0.4 is 10.9 Å². The van der Waals surface area contributed by atoms with Gasteiger partial charge in [-0.3, -0.25) is 20.4 Å². The van der Waals surface area contributed by atoms with E-state index in [1.54, 1.807) is 6.07 Å². The molecule has 2 N–H and O–H groups in total. The van der Waals surface area contributed by atoms with Crippen molar-refractivity contribution in [2.75, 3.05) is 0 Å². The third-order valence-corrected chi connectivity index (χ3v) is 4.89. The van der Waals surface area contributed by atoms with Crippen LogP contribution in [-0.2, 0) is 17.4 Å². The Kier molecular flexibility index (Phi) is 6.20. The summed E-state index contributed by atoms with van der Waals surface area (Å²) in [5, 5.41) is 0. The Morgan fingerprint density at radius 2 is 1.92 bits per heavy atom. The molecule has 0 saturated heterocycles. The first kappa shape index (κ1) is 19.7. The molecule has 0 atom stereocenters. The first-order chi connectivity index (χ1) is 12.2. The highest BCUT2D eigenvalue weighted by molar-refractivity contribution is 7.14. The van der Waals surface area contributed by atoms with Crippen LogP contribution in [0.25, 0.3) is 6.08 Å². The van der Waals surface area contributed by atoms with Gasteiger partial charge in [-0.05, 0) is 48.7 Å². The van der Waals surface area contributed by atoms with Crippen molar-refractivity contribution in [2.24, 2.45) is 0 Å². The van der Waals surface area contributed by atoms with E-state index < -0.39 is 23.6 Å². The SMILES string of the molecule is CCc1sc(C(=O)NNC(=O)/C=C/c2cccc(C(F)(F)F)c2)cc1C. The van der Waals surface area contributed by atoms with Gasteiger partial charge in [0.05, 0.1) is 10.4 Å². The van der Waals surface area contributed by atoms with Crippen LogP contribution >= 0.6 is 11.3 Å². The minimum atomic E-state index is -4.45. The van der Waals surface area contributed by atoms with E-state index in [2.05, 4.69) is 10.9 Å². The van der Waals surface area contributed by atoms with Crippen LogP contribution in [-0.4, -0.2) is 11.8 Å². The minimum Gasteiger partial charge on any atom is -0.268 e. The average Bonchev–Trinajstić information content (AvgIpc) is 2.98. The largest absolute Gasteiger partial charge is 0.416 e. The first-order valence-corrected chi connectivity index (χ1v) is 8.57. The van der Waals surface area contributed by atoms with Gasteiger partial charge < -0.3 is 0 Å². The number of nitrogens with one attached hydrogen (secondary N) is 2. The normalized spacial score (nSPS) is 11.6. The predicted molar refractivity (Wildman–Crippen MR) is 94.5 cm³/mol. The number of amides is 2. The molecule has 0 saturated carbocycles. The maximum absolute atomic E-state index is 12.6. The van der Waals surface area contributed by atoms with Crippen LogP contribution in [0.2, 0.25) is 0 Å². The Bertz CT molecular complexity index is 841. The molecule has 26 heavy (non-hydrogen) atoms. The Morgan fingerprint density at radius 1 is 1.19 bits per heavy atom. The van der Waals surface area contributed by atoms with Crippen molar-refractivity contribution in [3.8, 4) is 0 Å². The summed E-state index contributed by atoms with van der Waals surface area (Å²) >= 11 is 1.35. The average molecular weight is 382 g/mol. The van der Waals surface area contributed by atoms with Crippen LogP contribution in [0.15, 0.2) is 36.4 Å². The topological polar surface area (TPSA) is 58.2 Å². The molecule has 1 heterocycles. The Balaban J connectivity index is 1.94. The number of hydrazine groups is 1. The molecule has 0 fully saturated rings. The molecule has 2 rings (SSSR count). The highest BCUT2D eigenvalue weighted by atomic mass is 32.1. The van der Waals surface area contributed by atoms with Crippen LogP contribution in [0.1, 0.15) is 38.2 Å². The lowest BCUT2D eigenvalue weighted by molar-refractivity contribution is -0.137. The smallest absolute Gasteiger partial charge is 0.268 e. The third kappa shape index (κ3) is 5.19. The second-order valence-corrected chi connectivity index (χ2v) is 6.61. The molecule has 0 unspecified atom stereocenters. The maximum Gasteiger partial charge on any atom is 0.416 e. The van der Waals surface area contributed by atoms with Gasteiger partial charge in [0.1, 0.15) is 0 Å². The molecule has 0 aliphatic carbocycles. The van der Waals surface area contributed by atoms with Crippen molar-refractivity contribution in [3.63, 3.8) is 0 Å². The molecule has 138 valence electrons. The van der Waals surface area contributed by atoms with Gasteiger partial charge in [0.25, 0.3) is 11.8 Å². The van der Waals surface area contributed by atoms with Crippen molar-refractivity contribution in [3.05, 3.63) is 62.9 Å². The van der Waals surface area contributed by atoms with Crippen molar-refractivity contribution in [1.82, 2.24) is 10.9 Å². The molecule has 0 radical (unpaired) electrons. The zero-order chi connectivity index (χ0) is 19.3. The summed E-state index contributed by atoms with van der Waals surface area (Å²) < 4.78 is 37.9. The van der Waals surface area contributed by atoms with Crippen molar-refractivity contribution in [1.29, 1.82) is 0 Å².